The Balaban J connectivity index is 2.26. The highest BCUT2D eigenvalue weighted by atomic mass is 32.1. The molecule has 0 saturated heterocycles. The minimum Gasteiger partial charge on any atom is -0.396 e. The van der Waals surface area contributed by atoms with Gasteiger partial charge in [0.2, 0.25) is 5.91 Å². The highest BCUT2D eigenvalue weighted by Gasteiger charge is 2.09. The number of hydrogen-bond acceptors (Lipinski definition) is 3. The molecule has 0 unspecified atom stereocenters. The van der Waals surface area contributed by atoms with Gasteiger partial charge in [-0.25, -0.2) is 0 Å². The van der Waals surface area contributed by atoms with Crippen LogP contribution in [0.4, 0.5) is 0 Å². The molecule has 84 valence electrons. The van der Waals surface area contributed by atoms with E-state index in [-0.39, 0.29) is 18.6 Å². The van der Waals surface area contributed by atoms with Crippen LogP contribution in [0.5, 0.6) is 0 Å². The zero-order chi connectivity index (χ0) is 11.1. The van der Waals surface area contributed by atoms with Gasteiger partial charge in [-0.15, -0.1) is 11.3 Å². The number of unbranched alkanes of at least 4 members (excludes halogenated alkanes) is 1. The van der Waals surface area contributed by atoms with Crippen LogP contribution in [-0.2, 0) is 4.79 Å². The van der Waals surface area contributed by atoms with Crippen molar-refractivity contribution in [3.8, 4) is 0 Å². The molecule has 0 aromatic carbocycles. The zero-order valence-corrected chi connectivity index (χ0v) is 9.72. The SMILES string of the molecule is C[C@@H](NC(=O)CCCCO)c1cccs1. The molecule has 0 aliphatic heterocycles. The van der Waals surface area contributed by atoms with Crippen LogP contribution in [0.3, 0.4) is 0 Å². The van der Waals surface area contributed by atoms with Crippen LogP contribution in [0.15, 0.2) is 17.5 Å². The summed E-state index contributed by atoms with van der Waals surface area (Å²) >= 11 is 1.65. The van der Waals surface area contributed by atoms with E-state index in [1.807, 2.05) is 24.4 Å². The van der Waals surface area contributed by atoms with Crippen LogP contribution in [-0.4, -0.2) is 17.6 Å². The predicted octanol–water partition coefficient (Wildman–Crippen LogP) is 2.09. The van der Waals surface area contributed by atoms with E-state index in [0.717, 1.165) is 6.42 Å². The molecule has 1 heterocycles. The first-order chi connectivity index (χ1) is 7.24. The van der Waals surface area contributed by atoms with Crippen LogP contribution in [0.25, 0.3) is 0 Å². The maximum atomic E-state index is 11.4. The second-order valence-electron chi connectivity index (χ2n) is 3.49. The van der Waals surface area contributed by atoms with E-state index >= 15 is 0 Å². The van der Waals surface area contributed by atoms with Gasteiger partial charge in [0.05, 0.1) is 6.04 Å². The fraction of sp³-hybridized carbons (Fsp3) is 0.545. The molecule has 1 rings (SSSR count). The molecule has 2 N–H and O–H groups in total. The highest BCUT2D eigenvalue weighted by molar-refractivity contribution is 7.10. The van der Waals surface area contributed by atoms with Crippen LogP contribution >= 0.6 is 11.3 Å². The molecule has 1 atom stereocenters. The third kappa shape index (κ3) is 4.44. The van der Waals surface area contributed by atoms with E-state index in [1.165, 1.54) is 4.88 Å². The average molecular weight is 227 g/mol. The van der Waals surface area contributed by atoms with Gasteiger partial charge in [0.1, 0.15) is 0 Å². The first-order valence-electron chi connectivity index (χ1n) is 5.17. The molecule has 0 radical (unpaired) electrons. The highest BCUT2D eigenvalue weighted by Crippen LogP contribution is 2.18. The van der Waals surface area contributed by atoms with Crippen LogP contribution in [0, 0.1) is 0 Å². The summed E-state index contributed by atoms with van der Waals surface area (Å²) in [6.45, 7) is 2.14. The second-order valence-corrected chi connectivity index (χ2v) is 4.46. The van der Waals surface area contributed by atoms with Gasteiger partial charge >= 0.3 is 0 Å². The zero-order valence-electron chi connectivity index (χ0n) is 8.90. The van der Waals surface area contributed by atoms with E-state index in [2.05, 4.69) is 5.32 Å². The largest absolute Gasteiger partial charge is 0.396 e. The maximum absolute atomic E-state index is 11.4. The molecule has 0 fully saturated rings. The van der Waals surface area contributed by atoms with Crippen molar-refractivity contribution in [3.05, 3.63) is 22.4 Å². The summed E-state index contributed by atoms with van der Waals surface area (Å²) in [5.74, 6) is 0.0596. The molecule has 1 amide bonds. The number of aliphatic hydroxyl groups is 1. The van der Waals surface area contributed by atoms with Gasteiger partial charge in [-0.3, -0.25) is 4.79 Å². The molecule has 0 saturated carbocycles. The fourth-order valence-electron chi connectivity index (χ4n) is 1.32. The quantitative estimate of drug-likeness (QED) is 0.731. The summed E-state index contributed by atoms with van der Waals surface area (Å²) < 4.78 is 0. The molecule has 1 aromatic heterocycles. The Labute approximate surface area is 94.1 Å². The van der Waals surface area contributed by atoms with Gasteiger partial charge in [-0.2, -0.15) is 0 Å². The van der Waals surface area contributed by atoms with E-state index in [9.17, 15) is 4.79 Å². The van der Waals surface area contributed by atoms with Gasteiger partial charge in [0, 0.05) is 17.9 Å². The first-order valence-corrected chi connectivity index (χ1v) is 6.05. The number of aliphatic hydroxyl groups excluding tert-OH is 1. The predicted molar refractivity (Wildman–Crippen MR) is 61.8 cm³/mol. The fourth-order valence-corrected chi connectivity index (χ4v) is 2.05. The van der Waals surface area contributed by atoms with Crippen molar-refractivity contribution in [2.45, 2.75) is 32.2 Å². The summed E-state index contributed by atoms with van der Waals surface area (Å²) in [6.07, 6.45) is 1.94. The van der Waals surface area contributed by atoms with Gasteiger partial charge in [0.15, 0.2) is 0 Å². The number of hydrogen-bond donors (Lipinski definition) is 2. The van der Waals surface area contributed by atoms with Crippen molar-refractivity contribution in [1.82, 2.24) is 5.32 Å². The third-order valence-corrected chi connectivity index (χ3v) is 3.21. The summed E-state index contributed by atoms with van der Waals surface area (Å²) in [6, 6.07) is 4.09. The van der Waals surface area contributed by atoms with E-state index in [1.54, 1.807) is 11.3 Å². The lowest BCUT2D eigenvalue weighted by atomic mass is 10.2. The van der Waals surface area contributed by atoms with E-state index < -0.39 is 0 Å². The Morgan fingerprint density at radius 1 is 1.60 bits per heavy atom. The standard InChI is InChI=1S/C11H17NO2S/c1-9(10-5-4-8-15-10)12-11(14)6-2-3-7-13/h4-5,8-9,13H,2-3,6-7H2,1H3,(H,12,14)/t9-/m1/s1. The lowest BCUT2D eigenvalue weighted by Crippen LogP contribution is -2.25. The number of nitrogens with one attached hydrogen (secondary N) is 1. The number of carbonyl (C=O) groups is 1. The summed E-state index contributed by atoms with van der Waals surface area (Å²) in [5, 5.41) is 13.5. The molecule has 15 heavy (non-hydrogen) atoms. The molecule has 0 aliphatic rings. The summed E-state index contributed by atoms with van der Waals surface area (Å²) in [5.41, 5.74) is 0. The Kier molecular flexibility index (Phi) is 5.36. The molecule has 0 aliphatic carbocycles. The number of amides is 1. The van der Waals surface area contributed by atoms with Gasteiger partial charge in [-0.1, -0.05) is 6.07 Å². The molecule has 1 aromatic rings. The normalized spacial score (nSPS) is 12.4. The molecule has 4 heteroatoms. The lowest BCUT2D eigenvalue weighted by Gasteiger charge is -2.11. The number of thiophene rings is 1. The molecular weight excluding hydrogens is 210 g/mol. The molecule has 3 nitrogen and oxygen atoms in total. The van der Waals surface area contributed by atoms with Crippen molar-refractivity contribution < 1.29 is 9.90 Å². The first kappa shape index (κ1) is 12.2. The number of carbonyl (C=O) groups excluding carboxylic acids is 1. The number of rotatable bonds is 6. The summed E-state index contributed by atoms with van der Waals surface area (Å²) in [4.78, 5) is 12.6. The van der Waals surface area contributed by atoms with Crippen molar-refractivity contribution >= 4 is 17.2 Å². The van der Waals surface area contributed by atoms with E-state index in [4.69, 9.17) is 5.11 Å². The minimum atomic E-state index is 0.0596. The van der Waals surface area contributed by atoms with Gasteiger partial charge < -0.3 is 10.4 Å². The van der Waals surface area contributed by atoms with Gasteiger partial charge in [0.25, 0.3) is 0 Å². The average Bonchev–Trinajstić information content (AvgIpc) is 2.70. The van der Waals surface area contributed by atoms with Crippen molar-refractivity contribution in [3.63, 3.8) is 0 Å². The third-order valence-electron chi connectivity index (χ3n) is 2.16. The summed E-state index contributed by atoms with van der Waals surface area (Å²) in [7, 11) is 0. The Morgan fingerprint density at radius 2 is 2.40 bits per heavy atom. The Bertz CT molecular complexity index is 285. The van der Waals surface area contributed by atoms with Crippen LogP contribution in [0.2, 0.25) is 0 Å². The molecule has 0 spiro atoms. The topological polar surface area (TPSA) is 49.3 Å². The molecular formula is C11H17NO2S. The van der Waals surface area contributed by atoms with Gasteiger partial charge in [-0.05, 0) is 31.2 Å². The van der Waals surface area contributed by atoms with Crippen molar-refractivity contribution in [2.75, 3.05) is 6.61 Å². The van der Waals surface area contributed by atoms with Crippen LogP contribution in [0.1, 0.15) is 37.1 Å². The minimum absolute atomic E-state index is 0.0596. The monoisotopic (exact) mass is 227 g/mol. The van der Waals surface area contributed by atoms with Crippen LogP contribution < -0.4 is 5.32 Å². The molecule has 0 bridgehead atoms. The second kappa shape index (κ2) is 6.58. The Hall–Kier alpha value is -0.870. The van der Waals surface area contributed by atoms with E-state index in [0.29, 0.717) is 12.8 Å². The van der Waals surface area contributed by atoms with Crippen molar-refractivity contribution in [1.29, 1.82) is 0 Å². The maximum Gasteiger partial charge on any atom is 0.220 e. The Morgan fingerprint density at radius 3 is 3.00 bits per heavy atom. The smallest absolute Gasteiger partial charge is 0.220 e. The lowest BCUT2D eigenvalue weighted by molar-refractivity contribution is -0.121. The van der Waals surface area contributed by atoms with Crippen molar-refractivity contribution in [2.24, 2.45) is 0 Å².